The molecule has 40 heavy (non-hydrogen) atoms. The first-order chi connectivity index (χ1) is 19.0. The minimum atomic E-state index is -4.54. The third-order valence-electron chi connectivity index (χ3n) is 8.38. The number of likely N-dealkylation sites (N-methyl/N-ethyl adjacent to an activating group) is 1. The van der Waals surface area contributed by atoms with E-state index in [1.54, 1.807) is 18.5 Å². The SMILES string of the molecule is CCOC1(c2cccnc2)C=CC(N2CCN(C(=O)C3(C(F)(F)F)CC3)C[C@H]2CC)=C(C(=O)NC2CN(C)C2)N1. The lowest BCUT2D eigenvalue weighted by atomic mass is 9.96. The third kappa shape index (κ3) is 5.07. The van der Waals surface area contributed by atoms with Gasteiger partial charge in [0.25, 0.3) is 5.91 Å². The Balaban J connectivity index is 1.44. The van der Waals surface area contributed by atoms with Crippen molar-refractivity contribution >= 4 is 11.8 Å². The molecule has 9 nitrogen and oxygen atoms in total. The Labute approximate surface area is 232 Å². The summed E-state index contributed by atoms with van der Waals surface area (Å²) >= 11 is 0. The molecule has 2 saturated heterocycles. The van der Waals surface area contributed by atoms with Gasteiger partial charge >= 0.3 is 6.18 Å². The van der Waals surface area contributed by atoms with Crippen LogP contribution in [-0.2, 0) is 20.1 Å². The molecule has 0 spiro atoms. The van der Waals surface area contributed by atoms with Crippen molar-refractivity contribution in [1.29, 1.82) is 0 Å². The predicted molar refractivity (Wildman–Crippen MR) is 141 cm³/mol. The highest BCUT2D eigenvalue weighted by molar-refractivity contribution is 5.95. The monoisotopic (exact) mass is 562 g/mol. The van der Waals surface area contributed by atoms with Gasteiger partial charge in [0.05, 0.1) is 11.7 Å². The lowest BCUT2D eigenvalue weighted by molar-refractivity contribution is -0.199. The van der Waals surface area contributed by atoms with Crippen molar-refractivity contribution in [2.45, 2.75) is 57.1 Å². The van der Waals surface area contributed by atoms with E-state index in [1.165, 1.54) is 4.90 Å². The molecule has 2 atom stereocenters. The number of alkyl halides is 3. The molecular weight excluding hydrogens is 525 g/mol. The number of ether oxygens (including phenoxy) is 1. The largest absolute Gasteiger partial charge is 0.403 e. The van der Waals surface area contributed by atoms with Gasteiger partial charge in [-0.25, -0.2) is 0 Å². The number of halogens is 3. The third-order valence-corrected chi connectivity index (χ3v) is 8.38. The summed E-state index contributed by atoms with van der Waals surface area (Å²) in [5.41, 5.74) is -1.69. The fourth-order valence-corrected chi connectivity index (χ4v) is 5.93. The van der Waals surface area contributed by atoms with E-state index in [4.69, 9.17) is 4.74 Å². The van der Waals surface area contributed by atoms with Gasteiger partial charge in [-0.05, 0) is 51.5 Å². The van der Waals surface area contributed by atoms with Crippen LogP contribution < -0.4 is 10.6 Å². The van der Waals surface area contributed by atoms with E-state index in [9.17, 15) is 22.8 Å². The van der Waals surface area contributed by atoms with Crippen molar-refractivity contribution in [2.24, 2.45) is 5.41 Å². The number of hydrogen-bond donors (Lipinski definition) is 2. The van der Waals surface area contributed by atoms with Gasteiger partial charge in [-0.1, -0.05) is 13.0 Å². The lowest BCUT2D eigenvalue weighted by Gasteiger charge is -2.46. The summed E-state index contributed by atoms with van der Waals surface area (Å²) in [7, 11) is 1.98. The maximum atomic E-state index is 13.7. The Hall–Kier alpha value is -3.12. The molecule has 2 amide bonds. The summed E-state index contributed by atoms with van der Waals surface area (Å²) in [6.45, 7) is 6.25. The lowest BCUT2D eigenvalue weighted by Crippen LogP contribution is -2.60. The zero-order valence-corrected chi connectivity index (χ0v) is 23.1. The molecule has 3 aliphatic heterocycles. The molecule has 4 aliphatic rings. The maximum absolute atomic E-state index is 13.7. The van der Waals surface area contributed by atoms with Crippen molar-refractivity contribution < 1.29 is 27.5 Å². The molecule has 1 aromatic rings. The number of carbonyl (C=O) groups is 2. The van der Waals surface area contributed by atoms with Crippen LogP contribution in [0.1, 0.15) is 38.7 Å². The first kappa shape index (κ1) is 28.4. The number of dihydropyridines is 1. The summed E-state index contributed by atoms with van der Waals surface area (Å²) in [5.74, 6) is -1.11. The Bertz CT molecular complexity index is 1180. The van der Waals surface area contributed by atoms with E-state index in [0.29, 0.717) is 31.0 Å². The molecule has 12 heteroatoms. The molecule has 2 N–H and O–H groups in total. The average molecular weight is 563 g/mol. The van der Waals surface area contributed by atoms with Crippen molar-refractivity contribution in [2.75, 3.05) is 46.4 Å². The van der Waals surface area contributed by atoms with E-state index in [-0.39, 0.29) is 43.9 Å². The van der Waals surface area contributed by atoms with Crippen LogP contribution >= 0.6 is 0 Å². The first-order valence-corrected chi connectivity index (χ1v) is 13.9. The number of nitrogens with one attached hydrogen (secondary N) is 2. The number of allylic oxidation sites excluding steroid dienone is 1. The molecule has 4 heterocycles. The molecular formula is C28H37F3N6O3. The number of hydrogen-bond acceptors (Lipinski definition) is 7. The quantitative estimate of drug-likeness (QED) is 0.503. The Morgan fingerprint density at radius 2 is 1.95 bits per heavy atom. The molecule has 1 aliphatic carbocycles. The summed E-state index contributed by atoms with van der Waals surface area (Å²) in [6, 6.07) is 3.41. The van der Waals surface area contributed by atoms with Crippen molar-refractivity contribution in [3.63, 3.8) is 0 Å². The van der Waals surface area contributed by atoms with Gasteiger partial charge in [0.1, 0.15) is 11.1 Å². The fraction of sp³-hybridized carbons (Fsp3) is 0.607. The normalized spacial score (nSPS) is 26.8. The second kappa shape index (κ2) is 10.7. The number of carbonyl (C=O) groups excluding carboxylic acids is 2. The Morgan fingerprint density at radius 3 is 2.52 bits per heavy atom. The van der Waals surface area contributed by atoms with Gasteiger partial charge < -0.3 is 30.1 Å². The van der Waals surface area contributed by atoms with E-state index >= 15 is 0 Å². The highest BCUT2D eigenvalue weighted by Crippen LogP contribution is 2.58. The highest BCUT2D eigenvalue weighted by atomic mass is 19.4. The van der Waals surface area contributed by atoms with E-state index in [2.05, 4.69) is 20.5 Å². The molecule has 0 bridgehead atoms. The van der Waals surface area contributed by atoms with Crippen LogP contribution in [0.5, 0.6) is 0 Å². The number of amides is 2. The molecule has 1 saturated carbocycles. The maximum Gasteiger partial charge on any atom is 0.403 e. The highest BCUT2D eigenvalue weighted by Gasteiger charge is 2.69. The van der Waals surface area contributed by atoms with Crippen molar-refractivity contribution in [3.8, 4) is 0 Å². The zero-order valence-electron chi connectivity index (χ0n) is 23.1. The number of likely N-dealkylation sites (tertiary alicyclic amines) is 1. The number of pyridine rings is 1. The molecule has 0 aromatic carbocycles. The van der Waals surface area contributed by atoms with Gasteiger partial charge in [-0.15, -0.1) is 0 Å². The van der Waals surface area contributed by atoms with Gasteiger partial charge in [-0.3, -0.25) is 14.6 Å². The molecule has 1 aromatic heterocycles. The summed E-state index contributed by atoms with van der Waals surface area (Å²) in [5, 5.41) is 6.46. The molecule has 5 rings (SSSR count). The number of nitrogens with zero attached hydrogens (tertiary/aromatic N) is 4. The van der Waals surface area contributed by atoms with Crippen molar-refractivity contribution in [3.05, 3.63) is 53.6 Å². The summed E-state index contributed by atoms with van der Waals surface area (Å²) in [4.78, 5) is 36.5. The second-order valence-electron chi connectivity index (χ2n) is 11.1. The van der Waals surface area contributed by atoms with Crippen LogP contribution in [0.3, 0.4) is 0 Å². The molecule has 218 valence electrons. The van der Waals surface area contributed by atoms with Gasteiger partial charge in [-0.2, -0.15) is 13.2 Å². The number of piperazine rings is 1. The van der Waals surface area contributed by atoms with E-state index in [0.717, 1.165) is 18.7 Å². The van der Waals surface area contributed by atoms with Crippen LogP contribution in [0.25, 0.3) is 0 Å². The van der Waals surface area contributed by atoms with E-state index in [1.807, 2.05) is 44.0 Å². The standard InChI is InChI=1S/C28H37F3N6O3/c1-4-21-18-36(25(39)26(10-11-26)28(29,30)31)13-14-37(21)22-8-9-27(40-5-2,19-7-6-12-32-15-19)34-23(22)24(38)33-20-16-35(3)17-20/h6-9,12,15,20-21,34H,4-5,10-11,13-14,16-18H2,1-3H3,(H,33,38)/t21-,27?/m1/s1. The van der Waals surface area contributed by atoms with Crippen LogP contribution in [0, 0.1) is 5.41 Å². The van der Waals surface area contributed by atoms with Crippen LogP contribution in [0.2, 0.25) is 0 Å². The van der Waals surface area contributed by atoms with Crippen molar-refractivity contribution in [1.82, 2.24) is 30.3 Å². The Morgan fingerprint density at radius 1 is 1.20 bits per heavy atom. The molecule has 3 fully saturated rings. The molecule has 1 unspecified atom stereocenters. The smallest absolute Gasteiger partial charge is 0.363 e. The number of aromatic nitrogens is 1. The fourth-order valence-electron chi connectivity index (χ4n) is 5.93. The first-order valence-electron chi connectivity index (χ1n) is 13.9. The summed E-state index contributed by atoms with van der Waals surface area (Å²) < 4.78 is 47.2. The minimum absolute atomic E-state index is 0.00684. The van der Waals surface area contributed by atoms with Crippen LogP contribution in [0.15, 0.2) is 48.1 Å². The number of rotatable bonds is 8. The Kier molecular flexibility index (Phi) is 7.60. The molecule has 0 radical (unpaired) electrons. The van der Waals surface area contributed by atoms with Gasteiger partial charge in [0.15, 0.2) is 5.72 Å². The van der Waals surface area contributed by atoms with Crippen LogP contribution in [0.4, 0.5) is 13.2 Å². The second-order valence-corrected chi connectivity index (χ2v) is 11.1. The van der Waals surface area contributed by atoms with Gasteiger partial charge in [0, 0.05) is 63.3 Å². The summed E-state index contributed by atoms with van der Waals surface area (Å²) in [6.07, 6.45) is 2.77. The topological polar surface area (TPSA) is 90.0 Å². The minimum Gasteiger partial charge on any atom is -0.363 e. The van der Waals surface area contributed by atoms with E-state index < -0.39 is 23.2 Å². The van der Waals surface area contributed by atoms with Crippen LogP contribution in [-0.4, -0.2) is 96.1 Å². The predicted octanol–water partition coefficient (Wildman–Crippen LogP) is 2.34. The van der Waals surface area contributed by atoms with Gasteiger partial charge in [0.2, 0.25) is 5.91 Å². The zero-order chi connectivity index (χ0) is 28.7. The average Bonchev–Trinajstić information content (AvgIpc) is 3.75.